The molecule has 3 aromatic rings. The number of hydrogen-bond acceptors (Lipinski definition) is 5. The Balaban J connectivity index is 2.22. The van der Waals surface area contributed by atoms with Crippen molar-refractivity contribution in [3.05, 3.63) is 42.1 Å². The van der Waals surface area contributed by atoms with E-state index in [9.17, 15) is 0 Å². The van der Waals surface area contributed by atoms with Crippen molar-refractivity contribution in [2.75, 3.05) is 14.2 Å². The number of ether oxygens (including phenoxy) is 2. The monoisotopic (exact) mass is 281 g/mol. The Kier molecular flexibility index (Phi) is 3.39. The molecule has 0 saturated heterocycles. The lowest BCUT2D eigenvalue weighted by Crippen LogP contribution is -1.95. The lowest BCUT2D eigenvalue weighted by atomic mass is 10.0. The predicted octanol–water partition coefficient (Wildman–Crippen LogP) is 3.02. The number of fused-ring (bicyclic) bond motifs is 1. The van der Waals surface area contributed by atoms with Gasteiger partial charge in [0.1, 0.15) is 11.3 Å². The molecule has 0 atom stereocenters. The molecule has 2 heterocycles. The molecule has 1 aromatic carbocycles. The summed E-state index contributed by atoms with van der Waals surface area (Å²) in [6.07, 6.45) is 0. The Morgan fingerprint density at radius 2 is 1.71 bits per heavy atom. The van der Waals surface area contributed by atoms with E-state index >= 15 is 0 Å². The first-order valence-electron chi connectivity index (χ1n) is 6.55. The van der Waals surface area contributed by atoms with Gasteiger partial charge < -0.3 is 9.47 Å². The zero-order chi connectivity index (χ0) is 14.8. The number of aromatic nitrogens is 3. The van der Waals surface area contributed by atoms with Crippen molar-refractivity contribution in [2.24, 2.45) is 0 Å². The van der Waals surface area contributed by atoms with Gasteiger partial charge in [0.25, 0.3) is 0 Å². The highest BCUT2D eigenvalue weighted by molar-refractivity contribution is 5.97. The first-order valence-corrected chi connectivity index (χ1v) is 6.55. The fourth-order valence-electron chi connectivity index (χ4n) is 2.25. The standard InChI is InChI=1S/C16H15N3O2/c1-10-4-5-12-11(6-8-14(20-2)16(12)17-10)13-7-9-15(21-3)19-18-13/h4-9H,1-3H3. The molecule has 0 bridgehead atoms. The lowest BCUT2D eigenvalue weighted by Gasteiger charge is -2.10. The van der Waals surface area contributed by atoms with Crippen LogP contribution in [0, 0.1) is 6.92 Å². The second-order valence-corrected chi connectivity index (χ2v) is 4.63. The van der Waals surface area contributed by atoms with Crippen LogP contribution in [0.1, 0.15) is 5.69 Å². The minimum atomic E-state index is 0.491. The van der Waals surface area contributed by atoms with Gasteiger partial charge in [-0.25, -0.2) is 4.98 Å². The van der Waals surface area contributed by atoms with Gasteiger partial charge >= 0.3 is 0 Å². The van der Waals surface area contributed by atoms with Crippen molar-refractivity contribution >= 4 is 10.9 Å². The van der Waals surface area contributed by atoms with Crippen LogP contribution < -0.4 is 9.47 Å². The molecule has 5 nitrogen and oxygen atoms in total. The van der Waals surface area contributed by atoms with Crippen LogP contribution in [0.15, 0.2) is 36.4 Å². The summed E-state index contributed by atoms with van der Waals surface area (Å²) in [5.74, 6) is 1.24. The van der Waals surface area contributed by atoms with Crippen molar-refractivity contribution < 1.29 is 9.47 Å². The minimum absolute atomic E-state index is 0.491. The zero-order valence-corrected chi connectivity index (χ0v) is 12.1. The van der Waals surface area contributed by atoms with E-state index < -0.39 is 0 Å². The van der Waals surface area contributed by atoms with Crippen LogP contribution in [0.3, 0.4) is 0 Å². The first kappa shape index (κ1) is 13.3. The van der Waals surface area contributed by atoms with Crippen LogP contribution >= 0.6 is 0 Å². The third-order valence-corrected chi connectivity index (χ3v) is 3.30. The molecule has 0 saturated carbocycles. The molecule has 0 fully saturated rings. The van der Waals surface area contributed by atoms with E-state index in [1.807, 2.05) is 37.3 Å². The second kappa shape index (κ2) is 5.36. The van der Waals surface area contributed by atoms with Crippen molar-refractivity contribution in [2.45, 2.75) is 6.92 Å². The van der Waals surface area contributed by atoms with Gasteiger partial charge in [0.15, 0.2) is 0 Å². The molecule has 0 aliphatic carbocycles. The number of pyridine rings is 1. The average Bonchev–Trinajstić information content (AvgIpc) is 2.54. The summed E-state index contributed by atoms with van der Waals surface area (Å²) < 4.78 is 10.4. The summed E-state index contributed by atoms with van der Waals surface area (Å²) >= 11 is 0. The van der Waals surface area contributed by atoms with Crippen LogP contribution in [-0.2, 0) is 0 Å². The summed E-state index contributed by atoms with van der Waals surface area (Å²) in [5.41, 5.74) is 3.51. The quantitative estimate of drug-likeness (QED) is 0.738. The smallest absolute Gasteiger partial charge is 0.233 e. The normalized spacial score (nSPS) is 10.6. The van der Waals surface area contributed by atoms with Crippen LogP contribution in [0.2, 0.25) is 0 Å². The number of nitrogens with zero attached hydrogens (tertiary/aromatic N) is 3. The summed E-state index contributed by atoms with van der Waals surface area (Å²) in [7, 11) is 3.21. The van der Waals surface area contributed by atoms with Gasteiger partial charge in [-0.3, -0.25) is 0 Å². The molecular weight excluding hydrogens is 266 g/mol. The fourth-order valence-corrected chi connectivity index (χ4v) is 2.25. The second-order valence-electron chi connectivity index (χ2n) is 4.63. The van der Waals surface area contributed by atoms with Gasteiger partial charge in [0.05, 0.1) is 19.9 Å². The third-order valence-electron chi connectivity index (χ3n) is 3.30. The van der Waals surface area contributed by atoms with Crippen LogP contribution in [-0.4, -0.2) is 29.4 Å². The maximum absolute atomic E-state index is 5.39. The highest BCUT2D eigenvalue weighted by Crippen LogP contribution is 2.32. The molecule has 0 amide bonds. The lowest BCUT2D eigenvalue weighted by molar-refractivity contribution is 0.392. The van der Waals surface area contributed by atoms with Gasteiger partial charge in [-0.05, 0) is 31.2 Å². The zero-order valence-electron chi connectivity index (χ0n) is 12.1. The van der Waals surface area contributed by atoms with E-state index in [1.54, 1.807) is 20.3 Å². The van der Waals surface area contributed by atoms with Crippen molar-refractivity contribution in [3.63, 3.8) is 0 Å². The van der Waals surface area contributed by atoms with Gasteiger partial charge in [-0.2, -0.15) is 0 Å². The molecule has 2 aromatic heterocycles. The van der Waals surface area contributed by atoms with E-state index in [1.165, 1.54) is 0 Å². The van der Waals surface area contributed by atoms with E-state index in [0.717, 1.165) is 33.6 Å². The number of hydrogen-bond donors (Lipinski definition) is 0. The Morgan fingerprint density at radius 1 is 0.857 bits per heavy atom. The average molecular weight is 281 g/mol. The number of benzene rings is 1. The van der Waals surface area contributed by atoms with E-state index in [2.05, 4.69) is 15.2 Å². The molecule has 0 unspecified atom stereocenters. The van der Waals surface area contributed by atoms with E-state index in [0.29, 0.717) is 5.88 Å². The minimum Gasteiger partial charge on any atom is -0.494 e. The SMILES string of the molecule is COc1ccc(-c2ccc(OC)c3nc(C)ccc23)nn1. The maximum atomic E-state index is 5.39. The molecule has 0 spiro atoms. The fraction of sp³-hybridized carbons (Fsp3) is 0.188. The van der Waals surface area contributed by atoms with Crippen LogP contribution in [0.25, 0.3) is 22.2 Å². The molecule has 21 heavy (non-hydrogen) atoms. The third kappa shape index (κ3) is 2.38. The predicted molar refractivity (Wildman–Crippen MR) is 80.6 cm³/mol. The summed E-state index contributed by atoms with van der Waals surface area (Å²) in [6, 6.07) is 11.5. The van der Waals surface area contributed by atoms with Crippen molar-refractivity contribution in [1.82, 2.24) is 15.2 Å². The van der Waals surface area contributed by atoms with Crippen molar-refractivity contribution in [3.8, 4) is 22.9 Å². The largest absolute Gasteiger partial charge is 0.494 e. The molecule has 0 N–H and O–H groups in total. The molecular formula is C16H15N3O2. The summed E-state index contributed by atoms with van der Waals surface area (Å²) in [5, 5.41) is 9.21. The maximum Gasteiger partial charge on any atom is 0.233 e. The number of rotatable bonds is 3. The summed E-state index contributed by atoms with van der Waals surface area (Å²) in [4.78, 5) is 4.57. The molecule has 0 aliphatic rings. The highest BCUT2D eigenvalue weighted by atomic mass is 16.5. The van der Waals surface area contributed by atoms with E-state index in [-0.39, 0.29) is 0 Å². The molecule has 3 rings (SSSR count). The molecule has 5 heteroatoms. The summed E-state index contributed by atoms with van der Waals surface area (Å²) in [6.45, 7) is 1.96. The first-order chi connectivity index (χ1) is 10.2. The Labute approximate surface area is 122 Å². The molecule has 0 aliphatic heterocycles. The molecule has 106 valence electrons. The van der Waals surface area contributed by atoms with Crippen LogP contribution in [0.4, 0.5) is 0 Å². The Morgan fingerprint density at radius 3 is 2.38 bits per heavy atom. The van der Waals surface area contributed by atoms with Gasteiger partial charge in [-0.15, -0.1) is 10.2 Å². The van der Waals surface area contributed by atoms with E-state index in [4.69, 9.17) is 9.47 Å². The van der Waals surface area contributed by atoms with Crippen LogP contribution in [0.5, 0.6) is 11.6 Å². The molecule has 0 radical (unpaired) electrons. The number of methoxy groups -OCH3 is 2. The van der Waals surface area contributed by atoms with Gasteiger partial charge in [0.2, 0.25) is 5.88 Å². The highest BCUT2D eigenvalue weighted by Gasteiger charge is 2.11. The number of aryl methyl sites for hydroxylation is 1. The van der Waals surface area contributed by atoms with Crippen molar-refractivity contribution in [1.29, 1.82) is 0 Å². The Bertz CT molecular complexity index is 785. The Hall–Kier alpha value is -2.69. The topological polar surface area (TPSA) is 57.1 Å². The van der Waals surface area contributed by atoms with Gasteiger partial charge in [0, 0.05) is 22.7 Å². The van der Waals surface area contributed by atoms with Gasteiger partial charge in [-0.1, -0.05) is 6.07 Å².